The number of hydrogen-bond donors (Lipinski definition) is 0. The molecule has 0 spiro atoms. The Hall–Kier alpha value is -0.670. The Labute approximate surface area is 123 Å². The Balaban J connectivity index is 2.48. The lowest BCUT2D eigenvalue weighted by atomic mass is 9.96. The summed E-state index contributed by atoms with van der Waals surface area (Å²) in [5.74, 6) is -0.236. The third kappa shape index (κ3) is 2.67. The molecule has 0 aromatic heterocycles. The van der Waals surface area contributed by atoms with Gasteiger partial charge in [-0.2, -0.15) is 0 Å². The van der Waals surface area contributed by atoms with Gasteiger partial charge in [0.1, 0.15) is 5.82 Å². The second-order valence-electron chi connectivity index (χ2n) is 4.34. The lowest BCUT2D eigenvalue weighted by Gasteiger charge is -2.17. The van der Waals surface area contributed by atoms with Crippen LogP contribution in [0.5, 0.6) is 0 Å². The highest BCUT2D eigenvalue weighted by Gasteiger charge is 2.16. The van der Waals surface area contributed by atoms with Crippen molar-refractivity contribution in [1.29, 1.82) is 0 Å². The van der Waals surface area contributed by atoms with Crippen molar-refractivity contribution in [1.82, 2.24) is 0 Å². The van der Waals surface area contributed by atoms with Gasteiger partial charge in [-0.15, -0.1) is 0 Å². The van der Waals surface area contributed by atoms with Crippen LogP contribution in [0.1, 0.15) is 27.1 Å². The molecule has 0 amide bonds. The first-order valence-corrected chi connectivity index (χ1v) is 7.36. The van der Waals surface area contributed by atoms with E-state index in [9.17, 15) is 4.39 Å². The van der Waals surface area contributed by atoms with E-state index in [0.717, 1.165) is 5.56 Å². The minimum Gasteiger partial charge on any atom is -0.206 e. The standard InChI is InChI=1S/C15H13Br2F/c1-9-4-3-5-10(2)14(9)15(17)11-6-7-13(18)12(16)8-11/h3-8,15H,1-2H3. The van der Waals surface area contributed by atoms with Crippen LogP contribution < -0.4 is 0 Å². The van der Waals surface area contributed by atoms with E-state index in [1.165, 1.54) is 22.8 Å². The first kappa shape index (κ1) is 13.8. The van der Waals surface area contributed by atoms with Gasteiger partial charge >= 0.3 is 0 Å². The van der Waals surface area contributed by atoms with E-state index in [1.54, 1.807) is 0 Å². The number of alkyl halides is 1. The maximum atomic E-state index is 13.3. The quantitative estimate of drug-likeness (QED) is 0.595. The molecule has 0 fully saturated rings. The highest BCUT2D eigenvalue weighted by Crippen LogP contribution is 2.36. The van der Waals surface area contributed by atoms with Crippen LogP contribution in [0, 0.1) is 19.7 Å². The molecule has 1 unspecified atom stereocenters. The van der Waals surface area contributed by atoms with E-state index in [0.29, 0.717) is 4.47 Å². The lowest BCUT2D eigenvalue weighted by molar-refractivity contribution is 0.620. The van der Waals surface area contributed by atoms with Gasteiger partial charge in [-0.3, -0.25) is 0 Å². The normalized spacial score (nSPS) is 12.5. The molecular weight excluding hydrogens is 359 g/mol. The lowest BCUT2D eigenvalue weighted by Crippen LogP contribution is -1.99. The van der Waals surface area contributed by atoms with Gasteiger partial charge in [-0.05, 0) is 64.2 Å². The first-order valence-electron chi connectivity index (χ1n) is 5.66. The van der Waals surface area contributed by atoms with Crippen LogP contribution in [0.2, 0.25) is 0 Å². The molecule has 2 aromatic carbocycles. The molecule has 0 aliphatic heterocycles. The summed E-state index contributed by atoms with van der Waals surface area (Å²) in [6.45, 7) is 4.18. The second kappa shape index (κ2) is 5.54. The Morgan fingerprint density at radius 3 is 2.22 bits per heavy atom. The fourth-order valence-electron chi connectivity index (χ4n) is 2.06. The summed E-state index contributed by atoms with van der Waals surface area (Å²) in [4.78, 5) is 0.0793. The summed E-state index contributed by atoms with van der Waals surface area (Å²) in [5, 5.41) is 0. The van der Waals surface area contributed by atoms with E-state index in [-0.39, 0.29) is 10.6 Å². The third-order valence-electron chi connectivity index (χ3n) is 3.03. The summed E-state index contributed by atoms with van der Waals surface area (Å²) >= 11 is 6.94. The Bertz CT molecular complexity index is 558. The first-order chi connectivity index (χ1) is 8.50. The molecule has 0 aliphatic rings. The topological polar surface area (TPSA) is 0 Å². The molecule has 0 heterocycles. The summed E-state index contributed by atoms with van der Waals surface area (Å²) in [6, 6.07) is 11.4. The number of hydrogen-bond acceptors (Lipinski definition) is 0. The highest BCUT2D eigenvalue weighted by atomic mass is 79.9. The minimum atomic E-state index is -0.236. The minimum absolute atomic E-state index is 0.0793. The maximum absolute atomic E-state index is 13.3. The van der Waals surface area contributed by atoms with Crippen LogP contribution in [0.15, 0.2) is 40.9 Å². The van der Waals surface area contributed by atoms with Gasteiger partial charge in [-0.1, -0.05) is 40.2 Å². The van der Waals surface area contributed by atoms with Gasteiger partial charge in [0.25, 0.3) is 0 Å². The third-order valence-corrected chi connectivity index (χ3v) is 4.63. The molecule has 94 valence electrons. The predicted molar refractivity (Wildman–Crippen MR) is 80.8 cm³/mol. The van der Waals surface area contributed by atoms with Crippen LogP contribution in [-0.4, -0.2) is 0 Å². The largest absolute Gasteiger partial charge is 0.206 e. The molecule has 0 nitrogen and oxygen atoms in total. The number of halogens is 3. The van der Waals surface area contributed by atoms with Crippen LogP contribution in [-0.2, 0) is 0 Å². The molecule has 3 heteroatoms. The van der Waals surface area contributed by atoms with Gasteiger partial charge in [0.05, 0.1) is 9.30 Å². The Morgan fingerprint density at radius 1 is 1.06 bits per heavy atom. The van der Waals surface area contributed by atoms with Crippen molar-refractivity contribution in [2.24, 2.45) is 0 Å². The van der Waals surface area contributed by atoms with Crippen LogP contribution in [0.25, 0.3) is 0 Å². The van der Waals surface area contributed by atoms with Crippen molar-refractivity contribution in [2.45, 2.75) is 18.7 Å². The van der Waals surface area contributed by atoms with Crippen LogP contribution >= 0.6 is 31.9 Å². The van der Waals surface area contributed by atoms with Gasteiger partial charge < -0.3 is 0 Å². The van der Waals surface area contributed by atoms with E-state index in [4.69, 9.17) is 0 Å². The Morgan fingerprint density at radius 2 is 1.67 bits per heavy atom. The molecule has 0 bridgehead atoms. The van der Waals surface area contributed by atoms with E-state index < -0.39 is 0 Å². The van der Waals surface area contributed by atoms with Crippen molar-refractivity contribution in [3.8, 4) is 0 Å². The molecule has 0 saturated carbocycles. The maximum Gasteiger partial charge on any atom is 0.137 e. The number of rotatable bonds is 2. The summed E-state index contributed by atoms with van der Waals surface area (Å²) in [5.41, 5.74) is 4.76. The molecular formula is C15H13Br2F. The zero-order chi connectivity index (χ0) is 13.3. The average molecular weight is 372 g/mol. The number of aryl methyl sites for hydroxylation is 2. The average Bonchev–Trinajstić information content (AvgIpc) is 2.32. The van der Waals surface area contributed by atoms with Crippen molar-refractivity contribution < 1.29 is 4.39 Å². The smallest absolute Gasteiger partial charge is 0.137 e. The zero-order valence-corrected chi connectivity index (χ0v) is 13.3. The number of benzene rings is 2. The molecule has 0 radical (unpaired) electrons. The van der Waals surface area contributed by atoms with Crippen molar-refractivity contribution in [3.05, 3.63) is 68.9 Å². The molecule has 2 rings (SSSR count). The zero-order valence-electron chi connectivity index (χ0n) is 10.2. The summed E-state index contributed by atoms with van der Waals surface area (Å²) < 4.78 is 13.8. The SMILES string of the molecule is Cc1cccc(C)c1C(Br)c1ccc(F)c(Br)c1. The highest BCUT2D eigenvalue weighted by molar-refractivity contribution is 9.10. The fourth-order valence-corrected chi connectivity index (χ4v) is 3.47. The molecule has 0 aliphatic carbocycles. The monoisotopic (exact) mass is 370 g/mol. The molecule has 0 saturated heterocycles. The predicted octanol–water partition coefficient (Wildman–Crippen LogP) is 5.69. The molecule has 1 atom stereocenters. The molecule has 2 aromatic rings. The van der Waals surface area contributed by atoms with E-state index in [2.05, 4.69) is 63.9 Å². The fraction of sp³-hybridized carbons (Fsp3) is 0.200. The van der Waals surface area contributed by atoms with E-state index in [1.807, 2.05) is 12.1 Å². The van der Waals surface area contributed by atoms with Crippen LogP contribution in [0.4, 0.5) is 4.39 Å². The molecule has 18 heavy (non-hydrogen) atoms. The second-order valence-corrected chi connectivity index (χ2v) is 6.11. The van der Waals surface area contributed by atoms with Crippen molar-refractivity contribution in [3.63, 3.8) is 0 Å². The summed E-state index contributed by atoms with van der Waals surface area (Å²) in [7, 11) is 0. The van der Waals surface area contributed by atoms with E-state index >= 15 is 0 Å². The van der Waals surface area contributed by atoms with Gasteiger partial charge in [0.2, 0.25) is 0 Å². The van der Waals surface area contributed by atoms with Gasteiger partial charge in [0.15, 0.2) is 0 Å². The van der Waals surface area contributed by atoms with Crippen molar-refractivity contribution >= 4 is 31.9 Å². The van der Waals surface area contributed by atoms with Gasteiger partial charge in [-0.25, -0.2) is 4.39 Å². The van der Waals surface area contributed by atoms with Gasteiger partial charge in [0, 0.05) is 0 Å². The summed E-state index contributed by atoms with van der Waals surface area (Å²) in [6.07, 6.45) is 0. The van der Waals surface area contributed by atoms with Crippen molar-refractivity contribution in [2.75, 3.05) is 0 Å². The Kier molecular flexibility index (Phi) is 4.23. The van der Waals surface area contributed by atoms with Crippen LogP contribution in [0.3, 0.4) is 0 Å². The molecule has 0 N–H and O–H groups in total.